The summed E-state index contributed by atoms with van der Waals surface area (Å²) in [4.78, 5) is 11.8. The van der Waals surface area contributed by atoms with Gasteiger partial charge in [0.2, 0.25) is 0 Å². The van der Waals surface area contributed by atoms with Crippen molar-refractivity contribution in [1.82, 2.24) is 0 Å². The molecular formula is C14H16O2. The lowest BCUT2D eigenvalue weighted by atomic mass is 10.0. The van der Waals surface area contributed by atoms with Crippen molar-refractivity contribution in [2.75, 3.05) is 6.61 Å². The van der Waals surface area contributed by atoms with E-state index in [0.29, 0.717) is 6.42 Å². The molecule has 0 amide bonds. The van der Waals surface area contributed by atoms with E-state index in [1.54, 1.807) is 0 Å². The molecule has 1 aliphatic rings. The molecule has 0 radical (unpaired) electrons. The van der Waals surface area contributed by atoms with Crippen molar-refractivity contribution in [3.05, 3.63) is 42.0 Å². The Morgan fingerprint density at radius 3 is 3.19 bits per heavy atom. The second-order valence-electron chi connectivity index (χ2n) is 4.03. The summed E-state index contributed by atoms with van der Waals surface area (Å²) in [6.07, 6.45) is 5.16. The zero-order chi connectivity index (χ0) is 11.4. The summed E-state index contributed by atoms with van der Waals surface area (Å²) in [7, 11) is 0. The molecule has 0 aliphatic carbocycles. The first-order chi connectivity index (χ1) is 7.81. The maximum atomic E-state index is 11.8. The summed E-state index contributed by atoms with van der Waals surface area (Å²) in [6, 6.07) is 5.74. The number of carbonyl (C=O) groups excluding carboxylic acids is 1. The van der Waals surface area contributed by atoms with Crippen molar-refractivity contribution in [2.24, 2.45) is 0 Å². The third-order valence-electron chi connectivity index (χ3n) is 2.82. The number of benzene rings is 1. The van der Waals surface area contributed by atoms with Crippen molar-refractivity contribution in [2.45, 2.75) is 25.7 Å². The molecular weight excluding hydrogens is 200 g/mol. The van der Waals surface area contributed by atoms with Crippen molar-refractivity contribution in [3.63, 3.8) is 0 Å². The first-order valence-corrected chi connectivity index (χ1v) is 5.71. The summed E-state index contributed by atoms with van der Waals surface area (Å²) >= 11 is 0. The van der Waals surface area contributed by atoms with Gasteiger partial charge in [-0.1, -0.05) is 6.08 Å². The lowest BCUT2D eigenvalue weighted by Crippen LogP contribution is -1.99. The van der Waals surface area contributed by atoms with Crippen molar-refractivity contribution in [3.8, 4) is 5.75 Å². The SMILES string of the molecule is C=CCCCC(=O)c1ccc2c(c1)CCO2. The quantitative estimate of drug-likeness (QED) is 0.429. The second-order valence-corrected chi connectivity index (χ2v) is 4.03. The van der Waals surface area contributed by atoms with Crippen LogP contribution in [0.4, 0.5) is 0 Å². The fraction of sp³-hybridized carbons (Fsp3) is 0.357. The van der Waals surface area contributed by atoms with E-state index in [1.807, 2.05) is 24.3 Å². The summed E-state index contributed by atoms with van der Waals surface area (Å²) in [6.45, 7) is 4.39. The molecule has 0 bridgehead atoms. The highest BCUT2D eigenvalue weighted by molar-refractivity contribution is 5.96. The van der Waals surface area contributed by atoms with Crippen LogP contribution in [0.2, 0.25) is 0 Å². The molecule has 0 N–H and O–H groups in total. The maximum Gasteiger partial charge on any atom is 0.162 e. The Bertz CT molecular complexity index is 407. The van der Waals surface area contributed by atoms with Crippen LogP contribution >= 0.6 is 0 Å². The summed E-state index contributed by atoms with van der Waals surface area (Å²) < 4.78 is 5.41. The number of rotatable bonds is 5. The molecule has 84 valence electrons. The number of fused-ring (bicyclic) bond motifs is 1. The van der Waals surface area contributed by atoms with Crippen molar-refractivity contribution >= 4 is 5.78 Å². The third-order valence-corrected chi connectivity index (χ3v) is 2.82. The highest BCUT2D eigenvalue weighted by Gasteiger charge is 2.14. The van der Waals surface area contributed by atoms with Crippen LogP contribution in [0.5, 0.6) is 5.75 Å². The van der Waals surface area contributed by atoms with Gasteiger partial charge in [-0.2, -0.15) is 0 Å². The zero-order valence-electron chi connectivity index (χ0n) is 9.37. The van der Waals surface area contributed by atoms with Gasteiger partial charge >= 0.3 is 0 Å². The molecule has 0 saturated carbocycles. The molecule has 0 fully saturated rings. The first-order valence-electron chi connectivity index (χ1n) is 5.71. The van der Waals surface area contributed by atoms with E-state index < -0.39 is 0 Å². The Hall–Kier alpha value is -1.57. The molecule has 0 atom stereocenters. The van der Waals surface area contributed by atoms with Crippen LogP contribution in [-0.2, 0) is 6.42 Å². The highest BCUT2D eigenvalue weighted by Crippen LogP contribution is 2.26. The van der Waals surface area contributed by atoms with Crippen LogP contribution in [0.3, 0.4) is 0 Å². The predicted molar refractivity (Wildman–Crippen MR) is 64.0 cm³/mol. The van der Waals surface area contributed by atoms with Crippen molar-refractivity contribution in [1.29, 1.82) is 0 Å². The van der Waals surface area contributed by atoms with E-state index in [0.717, 1.165) is 42.7 Å². The number of allylic oxidation sites excluding steroid dienone is 1. The van der Waals surface area contributed by atoms with Gasteiger partial charge in [0.05, 0.1) is 6.61 Å². The van der Waals surface area contributed by atoms with E-state index in [9.17, 15) is 4.79 Å². The topological polar surface area (TPSA) is 26.3 Å². The molecule has 2 nitrogen and oxygen atoms in total. The van der Waals surface area contributed by atoms with Gasteiger partial charge in [0.15, 0.2) is 5.78 Å². The minimum atomic E-state index is 0.219. The second kappa shape index (κ2) is 4.97. The minimum Gasteiger partial charge on any atom is -0.493 e. The number of ether oxygens (including phenoxy) is 1. The van der Waals surface area contributed by atoms with E-state index in [2.05, 4.69) is 6.58 Å². The van der Waals surface area contributed by atoms with Gasteiger partial charge in [-0.3, -0.25) is 4.79 Å². The van der Waals surface area contributed by atoms with Gasteiger partial charge < -0.3 is 4.74 Å². The Morgan fingerprint density at radius 2 is 2.38 bits per heavy atom. The summed E-state index contributed by atoms with van der Waals surface area (Å²) in [5.74, 6) is 1.15. The smallest absolute Gasteiger partial charge is 0.162 e. The standard InChI is InChI=1S/C14H16O2/c1-2-3-4-5-13(15)11-6-7-14-12(10-11)8-9-16-14/h2,6-7,10H,1,3-5,8-9H2. The van der Waals surface area contributed by atoms with Gasteiger partial charge in [-0.05, 0) is 36.6 Å². The molecule has 0 saturated heterocycles. The van der Waals surface area contributed by atoms with Gasteiger partial charge in [-0.25, -0.2) is 0 Å². The fourth-order valence-corrected chi connectivity index (χ4v) is 1.91. The van der Waals surface area contributed by atoms with Gasteiger partial charge in [0.1, 0.15) is 5.75 Å². The fourth-order valence-electron chi connectivity index (χ4n) is 1.91. The van der Waals surface area contributed by atoms with E-state index in [4.69, 9.17) is 4.74 Å². The average Bonchev–Trinajstić information content (AvgIpc) is 2.76. The normalized spacial score (nSPS) is 13.0. The monoisotopic (exact) mass is 216 g/mol. The highest BCUT2D eigenvalue weighted by atomic mass is 16.5. The van der Waals surface area contributed by atoms with E-state index >= 15 is 0 Å². The largest absolute Gasteiger partial charge is 0.493 e. The molecule has 2 heteroatoms. The molecule has 0 aromatic heterocycles. The minimum absolute atomic E-state index is 0.219. The lowest BCUT2D eigenvalue weighted by Gasteiger charge is -2.03. The number of hydrogen-bond donors (Lipinski definition) is 0. The average molecular weight is 216 g/mol. The van der Waals surface area contributed by atoms with Gasteiger partial charge in [-0.15, -0.1) is 6.58 Å². The molecule has 1 aromatic rings. The van der Waals surface area contributed by atoms with Crippen LogP contribution in [0.25, 0.3) is 0 Å². The predicted octanol–water partition coefficient (Wildman–Crippen LogP) is 3.16. The maximum absolute atomic E-state index is 11.8. The summed E-state index contributed by atoms with van der Waals surface area (Å²) in [5, 5.41) is 0. The summed E-state index contributed by atoms with van der Waals surface area (Å²) in [5.41, 5.74) is 1.97. The van der Waals surface area contributed by atoms with E-state index in [1.165, 1.54) is 0 Å². The lowest BCUT2D eigenvalue weighted by molar-refractivity contribution is 0.0980. The number of Topliss-reactive ketones (excluding diaryl/α,β-unsaturated/α-hetero) is 1. The molecule has 2 rings (SSSR count). The van der Waals surface area contributed by atoms with Crippen molar-refractivity contribution < 1.29 is 9.53 Å². The first kappa shape index (κ1) is 10.9. The molecule has 1 heterocycles. The molecule has 0 spiro atoms. The van der Waals surface area contributed by atoms with Crippen LogP contribution in [0, 0.1) is 0 Å². The number of ketones is 1. The zero-order valence-corrected chi connectivity index (χ0v) is 9.37. The van der Waals surface area contributed by atoms with Crippen LogP contribution in [0.15, 0.2) is 30.9 Å². The molecule has 0 unspecified atom stereocenters. The molecule has 16 heavy (non-hydrogen) atoms. The van der Waals surface area contributed by atoms with Crippen LogP contribution in [0.1, 0.15) is 35.2 Å². The Kier molecular flexibility index (Phi) is 3.40. The third kappa shape index (κ3) is 2.32. The van der Waals surface area contributed by atoms with Gasteiger partial charge in [0, 0.05) is 18.4 Å². The number of carbonyl (C=O) groups is 1. The Morgan fingerprint density at radius 1 is 1.50 bits per heavy atom. The van der Waals surface area contributed by atoms with E-state index in [-0.39, 0.29) is 5.78 Å². The van der Waals surface area contributed by atoms with Crippen LogP contribution in [-0.4, -0.2) is 12.4 Å². The van der Waals surface area contributed by atoms with Crippen LogP contribution < -0.4 is 4.74 Å². The Balaban J connectivity index is 2.03. The number of hydrogen-bond acceptors (Lipinski definition) is 2. The Labute approximate surface area is 95.9 Å². The molecule has 1 aliphatic heterocycles. The molecule has 1 aromatic carbocycles. The van der Waals surface area contributed by atoms with Gasteiger partial charge in [0.25, 0.3) is 0 Å². The number of unbranched alkanes of at least 4 members (excludes halogenated alkanes) is 1.